The molecule has 128 valence electrons. The molecule has 0 unspecified atom stereocenters. The van der Waals surface area contributed by atoms with E-state index in [1.807, 2.05) is 0 Å². The second-order valence-corrected chi connectivity index (χ2v) is 5.67. The molecule has 1 aliphatic heterocycles. The van der Waals surface area contributed by atoms with E-state index in [1.54, 1.807) is 13.0 Å². The summed E-state index contributed by atoms with van der Waals surface area (Å²) in [6.45, 7) is 2.05. The third-order valence-corrected chi connectivity index (χ3v) is 3.80. The fourth-order valence-corrected chi connectivity index (χ4v) is 2.58. The average Bonchev–Trinajstić information content (AvgIpc) is 2.59. The number of ether oxygens (including phenoxy) is 2. The van der Waals surface area contributed by atoms with Crippen LogP contribution in [-0.2, 0) is 11.3 Å². The minimum atomic E-state index is -1.09. The van der Waals surface area contributed by atoms with Crippen LogP contribution in [0.4, 0.5) is 0 Å². The number of hydrogen-bond donors (Lipinski definition) is 1. The summed E-state index contributed by atoms with van der Waals surface area (Å²) in [4.78, 5) is 23.5. The first-order valence-electron chi connectivity index (χ1n) is 7.56. The topological polar surface area (TPSA) is 95.9 Å². The van der Waals surface area contributed by atoms with Crippen molar-refractivity contribution < 1.29 is 29.3 Å². The van der Waals surface area contributed by atoms with Crippen LogP contribution in [0.25, 0.3) is 6.08 Å². The molecule has 0 bridgehead atoms. The van der Waals surface area contributed by atoms with Crippen LogP contribution in [0.1, 0.15) is 37.4 Å². The molecule has 1 aliphatic rings. The van der Waals surface area contributed by atoms with Crippen molar-refractivity contribution in [3.63, 3.8) is 0 Å². The summed E-state index contributed by atoms with van der Waals surface area (Å²) in [5, 5.41) is 21.1. The van der Waals surface area contributed by atoms with Gasteiger partial charge >= 0.3 is 5.97 Å². The smallest absolute Gasteiger partial charge is 0.335 e. The fourth-order valence-electron chi connectivity index (χ4n) is 2.58. The van der Waals surface area contributed by atoms with Crippen LogP contribution in [0.3, 0.4) is 0 Å². The predicted molar refractivity (Wildman–Crippen MR) is 87.7 cm³/mol. The van der Waals surface area contributed by atoms with E-state index in [0.717, 1.165) is 5.56 Å². The van der Waals surface area contributed by atoms with Crippen LogP contribution in [0, 0.1) is 6.92 Å². The monoisotopic (exact) mass is 339 g/mol. The summed E-state index contributed by atoms with van der Waals surface area (Å²) in [6.07, 6.45) is 2.70. The molecule has 0 amide bonds. The van der Waals surface area contributed by atoms with E-state index in [4.69, 9.17) is 9.47 Å². The zero-order valence-electron chi connectivity index (χ0n) is 13.4. The van der Waals surface area contributed by atoms with Crippen LogP contribution in [0.15, 0.2) is 36.4 Å². The maximum Gasteiger partial charge on any atom is 0.335 e. The van der Waals surface area contributed by atoms with Crippen molar-refractivity contribution in [3.05, 3.63) is 64.2 Å². The summed E-state index contributed by atoms with van der Waals surface area (Å²) >= 11 is 0. The molecule has 3 rings (SSSR count). The van der Waals surface area contributed by atoms with Crippen LogP contribution >= 0.6 is 0 Å². The number of ketones is 1. The first-order valence-corrected chi connectivity index (χ1v) is 7.56. The highest BCUT2D eigenvalue weighted by Gasteiger charge is 2.18. The Hall–Kier alpha value is -3.12. The summed E-state index contributed by atoms with van der Waals surface area (Å²) < 4.78 is 10.6. The lowest BCUT2D eigenvalue weighted by Crippen LogP contribution is -2.13. The normalized spacial score (nSPS) is 13.3. The Labute approximate surface area is 143 Å². The molecule has 0 aliphatic carbocycles. The lowest BCUT2D eigenvalue weighted by molar-refractivity contribution is -0.268. The van der Waals surface area contributed by atoms with Gasteiger partial charge in [0.05, 0.1) is 12.2 Å². The molecule has 1 N–H and O–H groups in total. The number of fused-ring (bicyclic) bond motifs is 1. The highest BCUT2D eigenvalue weighted by molar-refractivity contribution is 6.08. The van der Waals surface area contributed by atoms with Crippen molar-refractivity contribution >= 4 is 17.8 Å². The van der Waals surface area contributed by atoms with Crippen LogP contribution in [0.2, 0.25) is 0 Å². The van der Waals surface area contributed by atoms with Crippen LogP contribution < -0.4 is 9.84 Å². The van der Waals surface area contributed by atoms with Gasteiger partial charge in [-0.1, -0.05) is 29.5 Å². The number of allylic oxidation sites excluding steroid dienone is 1. The molecular weight excluding hydrogens is 324 g/mol. The molecule has 2 aromatic rings. The zero-order valence-corrected chi connectivity index (χ0v) is 13.4. The molecule has 6 heteroatoms. The maximum absolute atomic E-state index is 12.3. The maximum atomic E-state index is 12.3. The number of carboxylic acids is 1. The molecule has 0 atom stereocenters. The van der Waals surface area contributed by atoms with Gasteiger partial charge in [0.25, 0.3) is 0 Å². The van der Waals surface area contributed by atoms with Gasteiger partial charge in [0.1, 0.15) is 5.75 Å². The number of carbonyl (C=O) groups is 2. The van der Waals surface area contributed by atoms with E-state index < -0.39 is 11.8 Å². The second-order valence-electron chi connectivity index (χ2n) is 5.67. The molecule has 0 fully saturated rings. The molecule has 0 spiro atoms. The summed E-state index contributed by atoms with van der Waals surface area (Å²) in [5.41, 5.74) is 1.96. The fraction of sp³-hybridized carbons (Fsp3) is 0.158. The average molecular weight is 339 g/mol. The highest BCUT2D eigenvalue weighted by atomic mass is 16.7. The second kappa shape index (κ2) is 6.78. The van der Waals surface area contributed by atoms with Crippen molar-refractivity contribution in [3.8, 4) is 11.5 Å². The Morgan fingerprint density at radius 1 is 1.24 bits per heavy atom. The largest absolute Gasteiger partial charge is 0.872 e. The number of carboxylic acid groups (broad SMARTS) is 1. The molecule has 1 heterocycles. The van der Waals surface area contributed by atoms with Gasteiger partial charge in [-0.2, -0.15) is 0 Å². The van der Waals surface area contributed by atoms with Gasteiger partial charge in [-0.05, 0) is 31.2 Å². The van der Waals surface area contributed by atoms with Crippen molar-refractivity contribution in [1.29, 1.82) is 0 Å². The molecule has 0 aromatic heterocycles. The molecule has 0 saturated carbocycles. The number of aromatic carboxylic acids is 1. The Kier molecular flexibility index (Phi) is 4.54. The van der Waals surface area contributed by atoms with E-state index in [9.17, 15) is 19.8 Å². The summed E-state index contributed by atoms with van der Waals surface area (Å²) in [7, 11) is 0. The molecule has 2 aromatic carbocycles. The zero-order chi connectivity index (χ0) is 18.0. The number of carbonyl (C=O) groups excluding carboxylic acids is 1. The first-order chi connectivity index (χ1) is 12.0. The van der Waals surface area contributed by atoms with Gasteiger partial charge in [0.2, 0.25) is 0 Å². The minimum Gasteiger partial charge on any atom is -0.872 e. The number of rotatable bonds is 4. The standard InChI is InChI=1S/C19H16O6/c1-11-2-4-15(17(21)6-11)16(20)5-3-12-7-13(19(22)23)8-14-9-24-10-25-18(12)14/h2-8,21H,9-10H2,1H3,(H,22,23)/p-1/b5-3+. The van der Waals surface area contributed by atoms with Gasteiger partial charge in [0, 0.05) is 16.7 Å². The van der Waals surface area contributed by atoms with Gasteiger partial charge in [-0.3, -0.25) is 4.79 Å². The van der Waals surface area contributed by atoms with E-state index in [2.05, 4.69) is 0 Å². The Morgan fingerprint density at radius 2 is 2.04 bits per heavy atom. The quantitative estimate of drug-likeness (QED) is 0.679. The third kappa shape index (κ3) is 3.54. The van der Waals surface area contributed by atoms with Crippen LogP contribution in [0.5, 0.6) is 11.5 Å². The Balaban J connectivity index is 1.96. The number of benzene rings is 2. The van der Waals surface area contributed by atoms with Crippen LogP contribution in [-0.4, -0.2) is 23.7 Å². The highest BCUT2D eigenvalue weighted by Crippen LogP contribution is 2.31. The van der Waals surface area contributed by atoms with E-state index in [0.29, 0.717) is 16.9 Å². The SMILES string of the molecule is Cc1ccc(C(=O)/C=C/c2cc(C(=O)O)cc3c2OCOC3)c([O-])c1. The molecule has 25 heavy (non-hydrogen) atoms. The molecular formula is C19H15O6-. The van der Waals surface area contributed by atoms with E-state index >= 15 is 0 Å². The van der Waals surface area contributed by atoms with E-state index in [-0.39, 0.29) is 30.3 Å². The number of hydrogen-bond acceptors (Lipinski definition) is 5. The summed E-state index contributed by atoms with van der Waals surface area (Å²) in [5.74, 6) is -1.41. The molecule has 6 nitrogen and oxygen atoms in total. The van der Waals surface area contributed by atoms with E-state index in [1.165, 1.54) is 36.4 Å². The lowest BCUT2D eigenvalue weighted by Gasteiger charge is -2.20. The molecule has 0 saturated heterocycles. The Bertz CT molecular complexity index is 882. The van der Waals surface area contributed by atoms with Gasteiger partial charge in [-0.15, -0.1) is 0 Å². The van der Waals surface area contributed by atoms with Gasteiger partial charge in [0.15, 0.2) is 12.6 Å². The van der Waals surface area contributed by atoms with Crippen molar-refractivity contribution in [2.45, 2.75) is 13.5 Å². The van der Waals surface area contributed by atoms with Gasteiger partial charge < -0.3 is 19.7 Å². The third-order valence-electron chi connectivity index (χ3n) is 3.80. The predicted octanol–water partition coefficient (Wildman–Crippen LogP) is 2.53. The Morgan fingerprint density at radius 3 is 2.76 bits per heavy atom. The number of aryl methyl sites for hydroxylation is 1. The van der Waals surface area contributed by atoms with Crippen molar-refractivity contribution in [2.75, 3.05) is 6.79 Å². The molecule has 0 radical (unpaired) electrons. The van der Waals surface area contributed by atoms with Gasteiger partial charge in [-0.25, -0.2) is 4.79 Å². The first kappa shape index (κ1) is 16.7. The van der Waals surface area contributed by atoms with Crippen molar-refractivity contribution in [1.82, 2.24) is 0 Å². The van der Waals surface area contributed by atoms with Crippen molar-refractivity contribution in [2.24, 2.45) is 0 Å². The lowest BCUT2D eigenvalue weighted by atomic mass is 10.0. The summed E-state index contributed by atoms with van der Waals surface area (Å²) in [6, 6.07) is 7.47. The minimum absolute atomic E-state index is 0.0525.